The van der Waals surface area contributed by atoms with Gasteiger partial charge in [0.25, 0.3) is 5.91 Å². The standard InChI is InChI=1S/C18H20BrNO3/c1-12-9-20(10-13(2)23-12)17(21)11-22-16-8-7-14-5-3-4-6-15(14)18(16)19/h3-8,12-13H,9-11H2,1-2H3/t12-,13+. The van der Waals surface area contributed by atoms with Gasteiger partial charge in [-0.2, -0.15) is 0 Å². The molecule has 1 fully saturated rings. The van der Waals surface area contributed by atoms with Crippen LogP contribution in [-0.2, 0) is 9.53 Å². The molecule has 3 rings (SSSR count). The molecule has 1 aliphatic rings. The molecule has 1 aliphatic heterocycles. The molecule has 0 saturated carbocycles. The molecule has 2 atom stereocenters. The lowest BCUT2D eigenvalue weighted by Gasteiger charge is -2.35. The van der Waals surface area contributed by atoms with E-state index < -0.39 is 0 Å². The van der Waals surface area contributed by atoms with Gasteiger partial charge in [0.05, 0.1) is 16.7 Å². The zero-order chi connectivity index (χ0) is 16.4. The summed E-state index contributed by atoms with van der Waals surface area (Å²) < 4.78 is 12.3. The van der Waals surface area contributed by atoms with Gasteiger partial charge in [-0.05, 0) is 46.6 Å². The smallest absolute Gasteiger partial charge is 0.260 e. The Kier molecular flexibility index (Phi) is 4.87. The Hall–Kier alpha value is -1.59. The highest BCUT2D eigenvalue weighted by Gasteiger charge is 2.26. The van der Waals surface area contributed by atoms with Crippen molar-refractivity contribution < 1.29 is 14.3 Å². The quantitative estimate of drug-likeness (QED) is 0.819. The summed E-state index contributed by atoms with van der Waals surface area (Å²) in [5, 5.41) is 2.21. The van der Waals surface area contributed by atoms with Gasteiger partial charge in [0.2, 0.25) is 0 Å². The lowest BCUT2D eigenvalue weighted by atomic mass is 10.1. The van der Waals surface area contributed by atoms with E-state index in [-0.39, 0.29) is 24.7 Å². The molecule has 0 aliphatic carbocycles. The fourth-order valence-electron chi connectivity index (χ4n) is 2.94. The maximum absolute atomic E-state index is 12.4. The number of ether oxygens (including phenoxy) is 2. The van der Waals surface area contributed by atoms with E-state index in [1.54, 1.807) is 0 Å². The van der Waals surface area contributed by atoms with Gasteiger partial charge in [-0.1, -0.05) is 30.3 Å². The summed E-state index contributed by atoms with van der Waals surface area (Å²) in [5.41, 5.74) is 0. The minimum Gasteiger partial charge on any atom is -0.483 e. The molecule has 122 valence electrons. The Bertz CT molecular complexity index is 708. The maximum atomic E-state index is 12.4. The molecule has 4 nitrogen and oxygen atoms in total. The molecular formula is C18H20BrNO3. The highest BCUT2D eigenvalue weighted by atomic mass is 79.9. The molecule has 1 amide bonds. The van der Waals surface area contributed by atoms with E-state index in [4.69, 9.17) is 9.47 Å². The third-order valence-electron chi connectivity index (χ3n) is 3.95. The van der Waals surface area contributed by atoms with E-state index in [9.17, 15) is 4.79 Å². The Balaban J connectivity index is 1.68. The number of morpholine rings is 1. The summed E-state index contributed by atoms with van der Waals surface area (Å²) in [4.78, 5) is 14.2. The van der Waals surface area contributed by atoms with Crippen molar-refractivity contribution >= 4 is 32.6 Å². The first kappa shape index (κ1) is 16.3. The molecule has 0 unspecified atom stereocenters. The average Bonchev–Trinajstić information content (AvgIpc) is 2.53. The van der Waals surface area contributed by atoms with E-state index in [1.165, 1.54) is 0 Å². The summed E-state index contributed by atoms with van der Waals surface area (Å²) in [6.07, 6.45) is 0.130. The molecule has 0 N–H and O–H groups in total. The summed E-state index contributed by atoms with van der Waals surface area (Å²) >= 11 is 3.58. The minimum atomic E-state index is -0.00735. The first-order valence-corrected chi connectivity index (χ1v) is 8.57. The second-order valence-corrected chi connectivity index (χ2v) is 6.74. The van der Waals surface area contributed by atoms with Gasteiger partial charge < -0.3 is 14.4 Å². The average molecular weight is 378 g/mol. The van der Waals surface area contributed by atoms with Crippen LogP contribution in [0.15, 0.2) is 40.9 Å². The molecule has 0 radical (unpaired) electrons. The maximum Gasteiger partial charge on any atom is 0.260 e. The van der Waals surface area contributed by atoms with Crippen molar-refractivity contribution in [2.75, 3.05) is 19.7 Å². The SMILES string of the molecule is C[C@@H]1CN(C(=O)COc2ccc3ccccc3c2Br)C[C@H](C)O1. The lowest BCUT2D eigenvalue weighted by Crippen LogP contribution is -2.49. The van der Waals surface area contributed by atoms with Crippen LogP contribution in [0.5, 0.6) is 5.75 Å². The Morgan fingerprint density at radius 1 is 1.22 bits per heavy atom. The molecule has 0 spiro atoms. The van der Waals surface area contributed by atoms with Crippen LogP contribution < -0.4 is 4.74 Å². The van der Waals surface area contributed by atoms with Crippen LogP contribution in [0.3, 0.4) is 0 Å². The van der Waals surface area contributed by atoms with Crippen LogP contribution in [0, 0.1) is 0 Å². The highest BCUT2D eigenvalue weighted by molar-refractivity contribution is 9.10. The molecule has 2 aromatic rings. The number of carbonyl (C=O) groups is 1. The van der Waals surface area contributed by atoms with Crippen LogP contribution in [0.1, 0.15) is 13.8 Å². The number of rotatable bonds is 3. The topological polar surface area (TPSA) is 38.8 Å². The van der Waals surface area contributed by atoms with E-state index >= 15 is 0 Å². The van der Waals surface area contributed by atoms with Gasteiger partial charge in [-0.15, -0.1) is 0 Å². The van der Waals surface area contributed by atoms with Gasteiger partial charge in [-0.3, -0.25) is 4.79 Å². The first-order valence-electron chi connectivity index (χ1n) is 7.78. The van der Waals surface area contributed by atoms with Gasteiger partial charge in [0, 0.05) is 13.1 Å². The van der Waals surface area contributed by atoms with Crippen LogP contribution in [0.2, 0.25) is 0 Å². The van der Waals surface area contributed by atoms with Crippen LogP contribution in [-0.4, -0.2) is 42.7 Å². The summed E-state index contributed by atoms with van der Waals surface area (Å²) in [7, 11) is 0. The van der Waals surface area contributed by atoms with Crippen LogP contribution in [0.25, 0.3) is 10.8 Å². The summed E-state index contributed by atoms with van der Waals surface area (Å²) in [6.45, 7) is 5.24. The zero-order valence-electron chi connectivity index (χ0n) is 13.3. The minimum absolute atomic E-state index is 0.00735. The van der Waals surface area contributed by atoms with Crippen molar-refractivity contribution in [2.24, 2.45) is 0 Å². The van der Waals surface area contributed by atoms with Crippen molar-refractivity contribution in [3.05, 3.63) is 40.9 Å². The predicted molar refractivity (Wildman–Crippen MR) is 93.7 cm³/mol. The number of amides is 1. The second kappa shape index (κ2) is 6.89. The van der Waals surface area contributed by atoms with Crippen LogP contribution >= 0.6 is 15.9 Å². The Morgan fingerprint density at radius 3 is 2.65 bits per heavy atom. The number of fused-ring (bicyclic) bond motifs is 1. The van der Waals surface area contributed by atoms with Gasteiger partial charge in [-0.25, -0.2) is 0 Å². The van der Waals surface area contributed by atoms with E-state index in [0.717, 1.165) is 15.2 Å². The summed E-state index contributed by atoms with van der Waals surface area (Å²) in [6, 6.07) is 12.0. The molecule has 23 heavy (non-hydrogen) atoms. The largest absolute Gasteiger partial charge is 0.483 e. The number of hydrogen-bond donors (Lipinski definition) is 0. The third kappa shape index (κ3) is 3.67. The van der Waals surface area contributed by atoms with Gasteiger partial charge >= 0.3 is 0 Å². The molecule has 5 heteroatoms. The van der Waals surface area contributed by atoms with E-state index in [1.807, 2.05) is 55.1 Å². The van der Waals surface area contributed by atoms with E-state index in [0.29, 0.717) is 18.8 Å². The third-order valence-corrected chi connectivity index (χ3v) is 4.77. The fourth-order valence-corrected chi connectivity index (χ4v) is 3.55. The van der Waals surface area contributed by atoms with Crippen LogP contribution in [0.4, 0.5) is 0 Å². The molecule has 0 aromatic heterocycles. The van der Waals surface area contributed by atoms with Gasteiger partial charge in [0.15, 0.2) is 6.61 Å². The molecule has 0 bridgehead atoms. The number of carbonyl (C=O) groups excluding carboxylic acids is 1. The molecular weight excluding hydrogens is 358 g/mol. The lowest BCUT2D eigenvalue weighted by molar-refractivity contribution is -0.145. The molecule has 1 heterocycles. The second-order valence-electron chi connectivity index (χ2n) is 5.94. The van der Waals surface area contributed by atoms with Crippen molar-refractivity contribution in [1.29, 1.82) is 0 Å². The summed E-state index contributed by atoms with van der Waals surface area (Å²) in [5.74, 6) is 0.679. The van der Waals surface area contributed by atoms with Crippen molar-refractivity contribution in [3.63, 3.8) is 0 Å². The first-order chi connectivity index (χ1) is 11.0. The number of hydrogen-bond acceptors (Lipinski definition) is 3. The van der Waals surface area contributed by atoms with Crippen molar-refractivity contribution in [2.45, 2.75) is 26.1 Å². The van der Waals surface area contributed by atoms with E-state index in [2.05, 4.69) is 15.9 Å². The molecule has 2 aromatic carbocycles. The highest BCUT2D eigenvalue weighted by Crippen LogP contribution is 2.33. The Morgan fingerprint density at radius 2 is 1.91 bits per heavy atom. The molecule has 1 saturated heterocycles. The number of halogens is 1. The van der Waals surface area contributed by atoms with Crippen molar-refractivity contribution in [3.8, 4) is 5.75 Å². The number of benzene rings is 2. The predicted octanol–water partition coefficient (Wildman–Crippen LogP) is 3.62. The fraction of sp³-hybridized carbons (Fsp3) is 0.389. The Labute approximate surface area is 144 Å². The van der Waals surface area contributed by atoms with Gasteiger partial charge in [0.1, 0.15) is 5.75 Å². The number of nitrogens with zero attached hydrogens (tertiary/aromatic N) is 1. The monoisotopic (exact) mass is 377 g/mol. The normalized spacial score (nSPS) is 21.4. The van der Waals surface area contributed by atoms with Crippen molar-refractivity contribution in [1.82, 2.24) is 4.90 Å². The zero-order valence-corrected chi connectivity index (χ0v) is 14.9.